The average Bonchev–Trinajstić information content (AvgIpc) is 3.40. The molecule has 3 aliphatic carbocycles. The molecule has 6 rings (SSSR count). The zero-order valence-corrected chi connectivity index (χ0v) is 18.4. The molecular weight excluding hydrogens is 413 g/mol. The molecule has 1 N–H and O–H groups in total. The maximum Gasteiger partial charge on any atom is 0.230 e. The predicted molar refractivity (Wildman–Crippen MR) is 126 cm³/mol. The molecule has 3 fully saturated rings. The van der Waals surface area contributed by atoms with Gasteiger partial charge in [-0.2, -0.15) is 0 Å². The molecule has 2 heterocycles. The Kier molecular flexibility index (Phi) is 4.72. The molecule has 4 nitrogen and oxygen atoms in total. The van der Waals surface area contributed by atoms with E-state index >= 15 is 0 Å². The number of rotatable bonds is 4. The largest absolute Gasteiger partial charge is 0.324 e. The average molecular weight is 440 g/mol. The number of carbonyl (C=O) groups is 1. The fourth-order valence-corrected chi connectivity index (χ4v) is 6.58. The number of anilines is 1. The van der Waals surface area contributed by atoms with E-state index < -0.39 is 0 Å². The van der Waals surface area contributed by atoms with Gasteiger partial charge in [-0.25, -0.2) is 9.37 Å². The lowest BCUT2D eigenvalue weighted by molar-refractivity contribution is -0.123. The first-order chi connectivity index (χ1) is 16.1. The van der Waals surface area contributed by atoms with Crippen molar-refractivity contribution >= 4 is 22.5 Å². The number of pyridine rings is 2. The number of fused-ring (bicyclic) bond motifs is 2. The minimum Gasteiger partial charge on any atom is -0.324 e. The number of nitrogens with zero attached hydrogens (tertiary/aromatic N) is 2. The third-order valence-corrected chi connectivity index (χ3v) is 8.38. The van der Waals surface area contributed by atoms with Crippen molar-refractivity contribution < 1.29 is 9.18 Å². The predicted octanol–water partition coefficient (Wildman–Crippen LogP) is 5.69. The van der Waals surface area contributed by atoms with Crippen LogP contribution in [-0.2, 0) is 4.79 Å². The number of amides is 1. The van der Waals surface area contributed by atoms with Crippen LogP contribution in [0.25, 0.3) is 10.9 Å². The number of hydrogen-bond acceptors (Lipinski definition) is 3. The van der Waals surface area contributed by atoms with Crippen LogP contribution < -0.4 is 5.32 Å². The third-order valence-electron chi connectivity index (χ3n) is 8.38. The molecule has 5 heteroatoms. The minimum absolute atomic E-state index is 0.134. The molecule has 1 amide bonds. The molecule has 0 bridgehead atoms. The highest BCUT2D eigenvalue weighted by Gasteiger charge is 2.59. The van der Waals surface area contributed by atoms with E-state index in [9.17, 15) is 9.18 Å². The molecule has 0 aliphatic heterocycles. The van der Waals surface area contributed by atoms with E-state index in [4.69, 9.17) is 6.42 Å². The van der Waals surface area contributed by atoms with Crippen molar-refractivity contribution in [2.75, 3.05) is 5.32 Å². The SMILES string of the molecule is C#Cc1ccc(NC(=O)C2(C3C[C@H]4CC(c5ccnc6ccc(F)cc56)C[C@H]4C3)CC2)cn1. The minimum atomic E-state index is -0.225. The zero-order valence-electron chi connectivity index (χ0n) is 18.4. The topological polar surface area (TPSA) is 54.9 Å². The molecule has 3 saturated carbocycles. The summed E-state index contributed by atoms with van der Waals surface area (Å²) >= 11 is 0. The summed E-state index contributed by atoms with van der Waals surface area (Å²) in [6.45, 7) is 0. The lowest BCUT2D eigenvalue weighted by Crippen LogP contribution is -2.30. The number of terminal acetylenes is 1. The first-order valence-corrected chi connectivity index (χ1v) is 11.8. The highest BCUT2D eigenvalue weighted by Crippen LogP contribution is 2.63. The fourth-order valence-electron chi connectivity index (χ4n) is 6.58. The Hall–Kier alpha value is -3.26. The molecule has 166 valence electrons. The maximum absolute atomic E-state index is 13.9. The van der Waals surface area contributed by atoms with Gasteiger partial charge in [0.2, 0.25) is 5.91 Å². The second kappa shape index (κ2) is 7.66. The Balaban J connectivity index is 1.15. The van der Waals surface area contributed by atoms with Crippen LogP contribution in [0.15, 0.2) is 48.8 Å². The van der Waals surface area contributed by atoms with Gasteiger partial charge in [0.1, 0.15) is 11.5 Å². The zero-order chi connectivity index (χ0) is 22.6. The Labute approximate surface area is 193 Å². The lowest BCUT2D eigenvalue weighted by Gasteiger charge is -2.24. The third kappa shape index (κ3) is 3.49. The Morgan fingerprint density at radius 3 is 2.52 bits per heavy atom. The number of hydrogen-bond donors (Lipinski definition) is 1. The van der Waals surface area contributed by atoms with Gasteiger partial charge in [-0.15, -0.1) is 6.42 Å². The van der Waals surface area contributed by atoms with Gasteiger partial charge < -0.3 is 5.32 Å². The van der Waals surface area contributed by atoms with Crippen molar-refractivity contribution in [3.05, 3.63) is 65.9 Å². The Morgan fingerprint density at radius 1 is 1.06 bits per heavy atom. The monoisotopic (exact) mass is 439 g/mol. The summed E-state index contributed by atoms with van der Waals surface area (Å²) < 4.78 is 13.9. The molecule has 0 spiro atoms. The van der Waals surface area contributed by atoms with Crippen molar-refractivity contribution in [2.45, 2.75) is 44.4 Å². The van der Waals surface area contributed by atoms with Crippen LogP contribution in [-0.4, -0.2) is 15.9 Å². The van der Waals surface area contributed by atoms with Crippen molar-refractivity contribution in [3.63, 3.8) is 0 Å². The second-order valence-electron chi connectivity index (χ2n) is 10.1. The van der Waals surface area contributed by atoms with E-state index in [0.717, 1.165) is 49.4 Å². The Bertz CT molecular complexity index is 1260. The van der Waals surface area contributed by atoms with Gasteiger partial charge in [-0.05, 0) is 104 Å². The van der Waals surface area contributed by atoms with E-state index in [1.54, 1.807) is 24.4 Å². The maximum atomic E-state index is 13.9. The van der Waals surface area contributed by atoms with E-state index in [1.807, 2.05) is 12.3 Å². The van der Waals surface area contributed by atoms with Crippen molar-refractivity contribution in [3.8, 4) is 12.3 Å². The molecule has 1 aromatic carbocycles. The van der Waals surface area contributed by atoms with Crippen LogP contribution in [0.5, 0.6) is 0 Å². The molecule has 4 atom stereocenters. The van der Waals surface area contributed by atoms with Crippen molar-refractivity contribution in [1.82, 2.24) is 9.97 Å². The molecule has 33 heavy (non-hydrogen) atoms. The van der Waals surface area contributed by atoms with Gasteiger partial charge in [-0.3, -0.25) is 9.78 Å². The number of carbonyl (C=O) groups excluding carboxylic acids is 1. The molecule has 0 saturated heterocycles. The van der Waals surface area contributed by atoms with Gasteiger partial charge in [0.25, 0.3) is 0 Å². The smallest absolute Gasteiger partial charge is 0.230 e. The summed E-state index contributed by atoms with van der Waals surface area (Å²) in [7, 11) is 0. The molecule has 0 radical (unpaired) electrons. The normalized spacial score (nSPS) is 27.2. The van der Waals surface area contributed by atoms with Crippen LogP contribution in [0, 0.1) is 41.3 Å². The van der Waals surface area contributed by atoms with Crippen LogP contribution in [0.3, 0.4) is 0 Å². The molecule has 2 aromatic heterocycles. The summed E-state index contributed by atoms with van der Waals surface area (Å²) in [5.74, 6) is 4.59. The highest BCUT2D eigenvalue weighted by atomic mass is 19.1. The fraction of sp³-hybridized carbons (Fsp3) is 0.393. The van der Waals surface area contributed by atoms with Crippen molar-refractivity contribution in [1.29, 1.82) is 0 Å². The van der Waals surface area contributed by atoms with Crippen LogP contribution in [0.1, 0.15) is 55.7 Å². The van der Waals surface area contributed by atoms with Crippen LogP contribution in [0.4, 0.5) is 10.1 Å². The standard InChI is InChI=1S/C28H26FN3O/c1-2-22-4-5-23(16-31-22)32-27(33)28(8-9-28)20-13-17-11-19(12-18(17)14-20)24-7-10-30-26-6-3-21(29)15-25(24)26/h1,3-7,10,15-20H,8-9,11-14H2,(H,32,33)/t17-,18+,19?,20?. The van der Waals surface area contributed by atoms with Gasteiger partial charge in [0, 0.05) is 11.6 Å². The summed E-state index contributed by atoms with van der Waals surface area (Å²) in [5.41, 5.74) is 3.14. The van der Waals surface area contributed by atoms with Gasteiger partial charge in [0.05, 0.1) is 22.8 Å². The highest BCUT2D eigenvalue weighted by molar-refractivity contribution is 5.97. The molecule has 2 unspecified atom stereocenters. The summed E-state index contributed by atoms with van der Waals surface area (Å²) in [5, 5.41) is 4.03. The number of aromatic nitrogens is 2. The van der Waals surface area contributed by atoms with Gasteiger partial charge in [-0.1, -0.05) is 5.92 Å². The number of nitrogens with one attached hydrogen (secondary N) is 1. The van der Waals surface area contributed by atoms with Crippen LogP contribution >= 0.6 is 0 Å². The lowest BCUT2D eigenvalue weighted by atomic mass is 9.82. The Morgan fingerprint density at radius 2 is 1.85 bits per heavy atom. The second-order valence-corrected chi connectivity index (χ2v) is 10.1. The van der Waals surface area contributed by atoms with E-state index in [0.29, 0.717) is 35.1 Å². The number of halogens is 1. The van der Waals surface area contributed by atoms with Gasteiger partial charge in [0.15, 0.2) is 0 Å². The number of benzene rings is 1. The summed E-state index contributed by atoms with van der Waals surface area (Å²) in [6, 6.07) is 10.5. The van der Waals surface area contributed by atoms with Gasteiger partial charge >= 0.3 is 0 Å². The molecule has 3 aromatic rings. The molecular formula is C28H26FN3O. The van der Waals surface area contributed by atoms with Crippen molar-refractivity contribution in [2.24, 2.45) is 23.2 Å². The first-order valence-electron chi connectivity index (χ1n) is 11.8. The van der Waals surface area contributed by atoms with E-state index in [1.165, 1.54) is 11.6 Å². The quantitative estimate of drug-likeness (QED) is 0.532. The summed E-state index contributed by atoms with van der Waals surface area (Å²) in [4.78, 5) is 21.8. The first kappa shape index (κ1) is 20.4. The van der Waals surface area contributed by atoms with E-state index in [2.05, 4.69) is 27.3 Å². The van der Waals surface area contributed by atoms with E-state index in [-0.39, 0.29) is 17.1 Å². The summed E-state index contributed by atoms with van der Waals surface area (Å²) in [6.07, 6.45) is 15.2. The molecule has 3 aliphatic rings. The van der Waals surface area contributed by atoms with Crippen LogP contribution in [0.2, 0.25) is 0 Å².